The maximum absolute atomic E-state index is 5.22. The van der Waals surface area contributed by atoms with Gasteiger partial charge < -0.3 is 15.4 Å². The standard InChI is InChI=1S/C12H21N3O/c1-3-5-13-7-8-15-9-11-4-6-14-10-12(11)16-2/h4,6,10,13,15H,3,5,7-9H2,1-2H3. The molecule has 0 aliphatic carbocycles. The van der Waals surface area contributed by atoms with Crippen LogP contribution in [-0.4, -0.2) is 31.7 Å². The number of pyridine rings is 1. The van der Waals surface area contributed by atoms with Crippen LogP contribution in [0.4, 0.5) is 0 Å². The maximum atomic E-state index is 5.22. The van der Waals surface area contributed by atoms with Crippen molar-refractivity contribution in [1.29, 1.82) is 0 Å². The van der Waals surface area contributed by atoms with Gasteiger partial charge in [-0.15, -0.1) is 0 Å². The first-order valence-corrected chi connectivity index (χ1v) is 5.76. The Kier molecular flexibility index (Phi) is 6.53. The molecule has 0 aliphatic rings. The molecule has 0 atom stereocenters. The van der Waals surface area contributed by atoms with Crippen molar-refractivity contribution in [3.05, 3.63) is 24.0 Å². The third-order valence-electron chi connectivity index (χ3n) is 2.31. The molecule has 90 valence electrons. The molecule has 0 saturated heterocycles. The quantitative estimate of drug-likeness (QED) is 0.650. The van der Waals surface area contributed by atoms with Crippen LogP contribution in [0.2, 0.25) is 0 Å². The van der Waals surface area contributed by atoms with E-state index in [9.17, 15) is 0 Å². The zero-order valence-electron chi connectivity index (χ0n) is 10.1. The molecule has 1 heterocycles. The molecular weight excluding hydrogens is 202 g/mol. The summed E-state index contributed by atoms with van der Waals surface area (Å²) in [6.07, 6.45) is 4.71. The molecule has 0 fully saturated rings. The molecule has 0 amide bonds. The van der Waals surface area contributed by atoms with E-state index >= 15 is 0 Å². The smallest absolute Gasteiger partial charge is 0.141 e. The van der Waals surface area contributed by atoms with Gasteiger partial charge in [0.2, 0.25) is 0 Å². The summed E-state index contributed by atoms with van der Waals surface area (Å²) in [4.78, 5) is 4.02. The molecule has 4 heteroatoms. The topological polar surface area (TPSA) is 46.2 Å². The number of aromatic nitrogens is 1. The highest BCUT2D eigenvalue weighted by molar-refractivity contribution is 5.29. The first-order valence-electron chi connectivity index (χ1n) is 5.76. The fourth-order valence-electron chi connectivity index (χ4n) is 1.44. The van der Waals surface area contributed by atoms with Gasteiger partial charge in [0, 0.05) is 31.4 Å². The molecule has 0 saturated carbocycles. The summed E-state index contributed by atoms with van der Waals surface area (Å²) in [5.74, 6) is 0.844. The van der Waals surface area contributed by atoms with Gasteiger partial charge >= 0.3 is 0 Å². The minimum absolute atomic E-state index is 0.819. The van der Waals surface area contributed by atoms with Gasteiger partial charge in [0.1, 0.15) is 5.75 Å². The van der Waals surface area contributed by atoms with E-state index in [2.05, 4.69) is 22.5 Å². The fourth-order valence-corrected chi connectivity index (χ4v) is 1.44. The van der Waals surface area contributed by atoms with Gasteiger partial charge in [-0.2, -0.15) is 0 Å². The molecule has 0 bridgehead atoms. The maximum Gasteiger partial charge on any atom is 0.141 e. The fraction of sp³-hybridized carbons (Fsp3) is 0.583. The molecule has 0 aliphatic heterocycles. The SMILES string of the molecule is CCCNCCNCc1ccncc1OC. The molecule has 1 aromatic heterocycles. The van der Waals surface area contributed by atoms with Crippen LogP contribution in [0, 0.1) is 0 Å². The minimum Gasteiger partial charge on any atom is -0.495 e. The second-order valence-corrected chi connectivity index (χ2v) is 3.61. The van der Waals surface area contributed by atoms with Gasteiger partial charge in [-0.05, 0) is 19.0 Å². The summed E-state index contributed by atoms with van der Waals surface area (Å²) in [6, 6.07) is 1.98. The summed E-state index contributed by atoms with van der Waals surface area (Å²) in [6.45, 7) is 6.04. The molecule has 16 heavy (non-hydrogen) atoms. The van der Waals surface area contributed by atoms with Crippen LogP contribution >= 0.6 is 0 Å². The second-order valence-electron chi connectivity index (χ2n) is 3.61. The lowest BCUT2D eigenvalue weighted by molar-refractivity contribution is 0.405. The van der Waals surface area contributed by atoms with Crippen molar-refractivity contribution in [2.45, 2.75) is 19.9 Å². The van der Waals surface area contributed by atoms with Crippen LogP contribution in [0.25, 0.3) is 0 Å². The van der Waals surface area contributed by atoms with Crippen molar-refractivity contribution in [2.24, 2.45) is 0 Å². The molecule has 2 N–H and O–H groups in total. The second kappa shape index (κ2) is 8.07. The predicted molar refractivity (Wildman–Crippen MR) is 65.7 cm³/mol. The first kappa shape index (κ1) is 12.9. The van der Waals surface area contributed by atoms with E-state index in [1.54, 1.807) is 19.5 Å². The Morgan fingerprint density at radius 3 is 2.81 bits per heavy atom. The number of rotatable bonds is 8. The number of methoxy groups -OCH3 is 1. The summed E-state index contributed by atoms with van der Waals surface area (Å²) in [5, 5.41) is 6.71. The largest absolute Gasteiger partial charge is 0.495 e. The lowest BCUT2D eigenvalue weighted by Crippen LogP contribution is -2.27. The van der Waals surface area contributed by atoms with E-state index in [1.165, 1.54) is 6.42 Å². The Bertz CT molecular complexity index is 291. The van der Waals surface area contributed by atoms with Crippen molar-refractivity contribution < 1.29 is 4.74 Å². The van der Waals surface area contributed by atoms with Crippen molar-refractivity contribution >= 4 is 0 Å². The zero-order valence-corrected chi connectivity index (χ0v) is 10.1. The Hall–Kier alpha value is -1.13. The Morgan fingerprint density at radius 1 is 1.25 bits per heavy atom. The van der Waals surface area contributed by atoms with Crippen LogP contribution in [0.3, 0.4) is 0 Å². The summed E-state index contributed by atoms with van der Waals surface area (Å²) in [7, 11) is 1.67. The minimum atomic E-state index is 0.819. The molecule has 0 radical (unpaired) electrons. The molecule has 0 unspecified atom stereocenters. The monoisotopic (exact) mass is 223 g/mol. The van der Waals surface area contributed by atoms with Crippen molar-refractivity contribution in [2.75, 3.05) is 26.7 Å². The highest BCUT2D eigenvalue weighted by Crippen LogP contribution is 2.14. The van der Waals surface area contributed by atoms with Crippen LogP contribution in [0.5, 0.6) is 5.75 Å². The van der Waals surface area contributed by atoms with Crippen molar-refractivity contribution in [1.82, 2.24) is 15.6 Å². The number of nitrogens with one attached hydrogen (secondary N) is 2. The Morgan fingerprint density at radius 2 is 2.06 bits per heavy atom. The summed E-state index contributed by atoms with van der Waals surface area (Å²) in [5.41, 5.74) is 1.15. The molecule has 0 spiro atoms. The van der Waals surface area contributed by atoms with Crippen LogP contribution in [-0.2, 0) is 6.54 Å². The van der Waals surface area contributed by atoms with Gasteiger partial charge in [-0.3, -0.25) is 4.98 Å². The predicted octanol–water partition coefficient (Wildman–Crippen LogP) is 1.18. The van der Waals surface area contributed by atoms with Gasteiger partial charge in [0.05, 0.1) is 13.3 Å². The van der Waals surface area contributed by atoms with Gasteiger partial charge in [0.25, 0.3) is 0 Å². The molecular formula is C12H21N3O. The Labute approximate surface area is 97.4 Å². The van der Waals surface area contributed by atoms with Crippen molar-refractivity contribution in [3.8, 4) is 5.75 Å². The molecule has 4 nitrogen and oxygen atoms in total. The number of nitrogens with zero attached hydrogens (tertiary/aromatic N) is 1. The lowest BCUT2D eigenvalue weighted by atomic mass is 10.2. The molecule has 0 aromatic carbocycles. The highest BCUT2D eigenvalue weighted by Gasteiger charge is 2.00. The van der Waals surface area contributed by atoms with Gasteiger partial charge in [-0.25, -0.2) is 0 Å². The third kappa shape index (κ3) is 4.59. The number of hydrogen-bond acceptors (Lipinski definition) is 4. The van der Waals surface area contributed by atoms with E-state index in [0.717, 1.165) is 37.5 Å². The molecule has 1 rings (SSSR count). The van der Waals surface area contributed by atoms with Gasteiger partial charge in [-0.1, -0.05) is 6.92 Å². The normalized spacial score (nSPS) is 10.4. The number of ether oxygens (including phenoxy) is 1. The van der Waals surface area contributed by atoms with Gasteiger partial charge in [0.15, 0.2) is 0 Å². The van der Waals surface area contributed by atoms with E-state index in [4.69, 9.17) is 4.74 Å². The van der Waals surface area contributed by atoms with Crippen LogP contribution in [0.1, 0.15) is 18.9 Å². The zero-order chi connectivity index (χ0) is 11.6. The summed E-state index contributed by atoms with van der Waals surface area (Å²) >= 11 is 0. The lowest BCUT2D eigenvalue weighted by Gasteiger charge is -2.09. The third-order valence-corrected chi connectivity index (χ3v) is 2.31. The highest BCUT2D eigenvalue weighted by atomic mass is 16.5. The van der Waals surface area contributed by atoms with Crippen molar-refractivity contribution in [3.63, 3.8) is 0 Å². The van der Waals surface area contributed by atoms with Crippen LogP contribution in [0.15, 0.2) is 18.5 Å². The number of hydrogen-bond donors (Lipinski definition) is 2. The van der Waals surface area contributed by atoms with E-state index in [0.29, 0.717) is 0 Å². The van der Waals surface area contributed by atoms with Crippen LogP contribution < -0.4 is 15.4 Å². The van der Waals surface area contributed by atoms with E-state index in [-0.39, 0.29) is 0 Å². The van der Waals surface area contributed by atoms with E-state index < -0.39 is 0 Å². The average molecular weight is 223 g/mol. The molecule has 1 aromatic rings. The van der Waals surface area contributed by atoms with E-state index in [1.807, 2.05) is 6.07 Å². The first-order chi connectivity index (χ1) is 7.88. The Balaban J connectivity index is 2.21. The average Bonchev–Trinajstić information content (AvgIpc) is 2.34. The summed E-state index contributed by atoms with van der Waals surface area (Å²) < 4.78 is 5.22.